The fraction of sp³-hybridized carbons (Fsp3) is 0.800. The van der Waals surface area contributed by atoms with Crippen molar-refractivity contribution in [1.82, 2.24) is 20.1 Å². The Balaban J connectivity index is 1.88. The van der Waals surface area contributed by atoms with Gasteiger partial charge in [0.2, 0.25) is 0 Å². The molecule has 1 N–H and O–H groups in total. The molecule has 5 nitrogen and oxygen atoms in total. The first-order valence-corrected chi connectivity index (χ1v) is 5.73. The van der Waals surface area contributed by atoms with E-state index in [1.165, 1.54) is 0 Å². The van der Waals surface area contributed by atoms with Crippen molar-refractivity contribution < 1.29 is 17.9 Å². The number of nitrogens with one attached hydrogen (secondary N) is 1. The molecule has 1 fully saturated rings. The van der Waals surface area contributed by atoms with Gasteiger partial charge in [0.15, 0.2) is 5.82 Å². The molecule has 1 aromatic rings. The molecule has 1 aliphatic heterocycles. The predicted molar refractivity (Wildman–Crippen MR) is 56.9 cm³/mol. The van der Waals surface area contributed by atoms with Gasteiger partial charge in [-0.05, 0) is 6.92 Å². The molecule has 0 aliphatic carbocycles. The Labute approximate surface area is 102 Å². The SMILES string of the molecule is Cc1nc([C@H]2CN(CCC(F)(F)F)CCO2)n[nH]1. The van der Waals surface area contributed by atoms with Crippen LogP contribution in [0.2, 0.25) is 0 Å². The predicted octanol–water partition coefficient (Wildman–Crippen LogP) is 1.44. The number of hydrogen-bond acceptors (Lipinski definition) is 4. The Morgan fingerprint density at radius 2 is 2.28 bits per heavy atom. The number of morpholine rings is 1. The van der Waals surface area contributed by atoms with Gasteiger partial charge in [0.05, 0.1) is 13.0 Å². The fourth-order valence-electron chi connectivity index (χ4n) is 1.85. The van der Waals surface area contributed by atoms with Gasteiger partial charge in [-0.2, -0.15) is 18.3 Å². The molecular weight excluding hydrogens is 249 g/mol. The summed E-state index contributed by atoms with van der Waals surface area (Å²) >= 11 is 0. The fourth-order valence-corrected chi connectivity index (χ4v) is 1.85. The van der Waals surface area contributed by atoms with Crippen molar-refractivity contribution in [2.45, 2.75) is 25.6 Å². The zero-order valence-electron chi connectivity index (χ0n) is 10.00. The molecule has 0 amide bonds. The first-order chi connectivity index (χ1) is 8.44. The van der Waals surface area contributed by atoms with Crippen LogP contribution >= 0.6 is 0 Å². The molecule has 1 atom stereocenters. The zero-order valence-corrected chi connectivity index (χ0v) is 10.00. The summed E-state index contributed by atoms with van der Waals surface area (Å²) < 4.78 is 41.9. The van der Waals surface area contributed by atoms with Crippen LogP contribution in [0.15, 0.2) is 0 Å². The maximum Gasteiger partial charge on any atom is 0.390 e. The van der Waals surface area contributed by atoms with Crippen LogP contribution in [0.25, 0.3) is 0 Å². The number of hydrogen-bond donors (Lipinski definition) is 1. The largest absolute Gasteiger partial charge is 0.390 e. The molecule has 0 spiro atoms. The van der Waals surface area contributed by atoms with Crippen molar-refractivity contribution in [2.24, 2.45) is 0 Å². The van der Waals surface area contributed by atoms with Gasteiger partial charge < -0.3 is 4.74 Å². The van der Waals surface area contributed by atoms with E-state index in [1.54, 1.807) is 11.8 Å². The van der Waals surface area contributed by atoms with Crippen LogP contribution in [0.3, 0.4) is 0 Å². The lowest BCUT2D eigenvalue weighted by Gasteiger charge is -2.31. The molecule has 0 bridgehead atoms. The average molecular weight is 264 g/mol. The average Bonchev–Trinajstić information content (AvgIpc) is 2.73. The Bertz CT molecular complexity index is 393. The summed E-state index contributed by atoms with van der Waals surface area (Å²) in [5, 5.41) is 6.67. The van der Waals surface area contributed by atoms with E-state index in [1.807, 2.05) is 0 Å². The van der Waals surface area contributed by atoms with E-state index in [2.05, 4.69) is 15.2 Å². The molecule has 2 rings (SSSR count). The molecule has 102 valence electrons. The maximum atomic E-state index is 12.1. The second-order valence-electron chi connectivity index (χ2n) is 4.30. The molecule has 0 saturated carbocycles. The van der Waals surface area contributed by atoms with Gasteiger partial charge in [0.25, 0.3) is 0 Å². The van der Waals surface area contributed by atoms with Gasteiger partial charge in [-0.3, -0.25) is 10.00 Å². The highest BCUT2D eigenvalue weighted by molar-refractivity contribution is 4.95. The summed E-state index contributed by atoms with van der Waals surface area (Å²) in [7, 11) is 0. The van der Waals surface area contributed by atoms with Gasteiger partial charge in [-0.15, -0.1) is 0 Å². The monoisotopic (exact) mass is 264 g/mol. The number of nitrogens with zero attached hydrogens (tertiary/aromatic N) is 3. The molecule has 18 heavy (non-hydrogen) atoms. The lowest BCUT2D eigenvalue weighted by molar-refractivity contribution is -0.142. The van der Waals surface area contributed by atoms with Crippen molar-refractivity contribution in [3.05, 3.63) is 11.6 Å². The first kappa shape index (κ1) is 13.3. The Morgan fingerprint density at radius 1 is 1.50 bits per heavy atom. The van der Waals surface area contributed by atoms with Crippen molar-refractivity contribution in [3.63, 3.8) is 0 Å². The molecule has 1 aromatic heterocycles. The Hall–Kier alpha value is -1.15. The molecule has 8 heteroatoms. The van der Waals surface area contributed by atoms with Crippen molar-refractivity contribution >= 4 is 0 Å². The minimum atomic E-state index is -4.12. The summed E-state index contributed by atoms with van der Waals surface area (Å²) in [6.07, 6.45) is -5.27. The molecule has 1 aliphatic rings. The van der Waals surface area contributed by atoms with E-state index in [9.17, 15) is 13.2 Å². The van der Waals surface area contributed by atoms with E-state index >= 15 is 0 Å². The maximum absolute atomic E-state index is 12.1. The quantitative estimate of drug-likeness (QED) is 0.897. The first-order valence-electron chi connectivity index (χ1n) is 5.73. The van der Waals surface area contributed by atoms with E-state index in [-0.39, 0.29) is 12.6 Å². The van der Waals surface area contributed by atoms with Crippen LogP contribution in [0.4, 0.5) is 13.2 Å². The van der Waals surface area contributed by atoms with E-state index in [4.69, 9.17) is 4.74 Å². The van der Waals surface area contributed by atoms with Crippen LogP contribution in [0, 0.1) is 6.92 Å². The molecule has 0 radical (unpaired) electrons. The Morgan fingerprint density at radius 3 is 2.89 bits per heavy atom. The van der Waals surface area contributed by atoms with E-state index < -0.39 is 12.6 Å². The van der Waals surface area contributed by atoms with E-state index in [0.29, 0.717) is 31.3 Å². The number of H-pyrrole nitrogens is 1. The van der Waals surface area contributed by atoms with Crippen molar-refractivity contribution in [1.29, 1.82) is 0 Å². The summed E-state index contributed by atoms with van der Waals surface area (Å²) in [4.78, 5) is 5.87. The van der Waals surface area contributed by atoms with Crippen molar-refractivity contribution in [3.8, 4) is 0 Å². The number of ether oxygens (including phenoxy) is 1. The van der Waals surface area contributed by atoms with Gasteiger partial charge in [-0.25, -0.2) is 4.98 Å². The third-order valence-corrected chi connectivity index (χ3v) is 2.76. The highest BCUT2D eigenvalue weighted by Crippen LogP contribution is 2.23. The van der Waals surface area contributed by atoms with Crippen LogP contribution < -0.4 is 0 Å². The molecule has 2 heterocycles. The van der Waals surface area contributed by atoms with Gasteiger partial charge >= 0.3 is 6.18 Å². The van der Waals surface area contributed by atoms with Gasteiger partial charge in [-0.1, -0.05) is 0 Å². The number of aromatic nitrogens is 3. The van der Waals surface area contributed by atoms with Crippen LogP contribution in [0.5, 0.6) is 0 Å². The normalized spacial score (nSPS) is 22.3. The number of aromatic amines is 1. The molecule has 0 aromatic carbocycles. The highest BCUT2D eigenvalue weighted by atomic mass is 19.4. The molecule has 1 saturated heterocycles. The summed E-state index contributed by atoms with van der Waals surface area (Å²) in [6, 6.07) is 0. The number of aryl methyl sites for hydroxylation is 1. The smallest absolute Gasteiger partial charge is 0.367 e. The highest BCUT2D eigenvalue weighted by Gasteiger charge is 2.30. The second kappa shape index (κ2) is 5.23. The third kappa shape index (κ3) is 3.67. The molecular formula is C10H15F3N4O. The minimum absolute atomic E-state index is 0.00718. The lowest BCUT2D eigenvalue weighted by atomic mass is 10.2. The second-order valence-corrected chi connectivity index (χ2v) is 4.30. The van der Waals surface area contributed by atoms with Gasteiger partial charge in [0.1, 0.15) is 11.9 Å². The summed E-state index contributed by atoms with van der Waals surface area (Å²) in [5.74, 6) is 1.17. The lowest BCUT2D eigenvalue weighted by Crippen LogP contribution is -2.40. The zero-order chi connectivity index (χ0) is 13.2. The number of rotatable bonds is 3. The van der Waals surface area contributed by atoms with Crippen LogP contribution in [0.1, 0.15) is 24.2 Å². The van der Waals surface area contributed by atoms with Crippen LogP contribution in [-0.2, 0) is 4.74 Å². The molecule has 0 unspecified atom stereocenters. The van der Waals surface area contributed by atoms with Crippen LogP contribution in [-0.4, -0.2) is 52.5 Å². The number of halogens is 3. The standard InChI is InChI=1S/C10H15F3N4O/c1-7-14-9(16-15-7)8-6-17(4-5-18-8)3-2-10(11,12)13/h8H,2-6H2,1H3,(H,14,15,16)/t8-/m1/s1. The summed E-state index contributed by atoms with van der Waals surface area (Å²) in [5.41, 5.74) is 0. The number of alkyl halides is 3. The van der Waals surface area contributed by atoms with Crippen molar-refractivity contribution in [2.75, 3.05) is 26.2 Å². The summed E-state index contributed by atoms with van der Waals surface area (Å²) in [6.45, 7) is 3.06. The topological polar surface area (TPSA) is 54.0 Å². The van der Waals surface area contributed by atoms with E-state index in [0.717, 1.165) is 0 Å². The Kier molecular flexibility index (Phi) is 3.86. The third-order valence-electron chi connectivity index (χ3n) is 2.76. The van der Waals surface area contributed by atoms with Gasteiger partial charge in [0, 0.05) is 19.6 Å². The minimum Gasteiger partial charge on any atom is -0.367 e.